The van der Waals surface area contributed by atoms with Crippen LogP contribution in [0.2, 0.25) is 5.02 Å². The van der Waals surface area contributed by atoms with Gasteiger partial charge in [0.1, 0.15) is 0 Å². The quantitative estimate of drug-likeness (QED) is 0.725. The SMILES string of the molecule is CC(=O)NCC(=Cc1ccc(Cl)cc1CC(=O)O)B1OC(C)(C)C(C)(C)O1. The van der Waals surface area contributed by atoms with Crippen molar-refractivity contribution in [1.29, 1.82) is 0 Å². The van der Waals surface area contributed by atoms with Gasteiger partial charge in [0.15, 0.2) is 0 Å². The molecule has 1 fully saturated rings. The molecule has 1 aromatic rings. The van der Waals surface area contributed by atoms with E-state index in [1.54, 1.807) is 24.3 Å². The summed E-state index contributed by atoms with van der Waals surface area (Å²) in [6.45, 7) is 9.44. The zero-order chi connectivity index (χ0) is 20.4. The highest BCUT2D eigenvalue weighted by molar-refractivity contribution is 6.56. The number of hydrogen-bond acceptors (Lipinski definition) is 4. The summed E-state index contributed by atoms with van der Waals surface area (Å²) in [6, 6.07) is 5.07. The third-order valence-corrected chi connectivity index (χ3v) is 5.12. The Hall–Kier alpha value is -1.83. The highest BCUT2D eigenvalue weighted by atomic mass is 35.5. The van der Waals surface area contributed by atoms with Gasteiger partial charge < -0.3 is 19.7 Å². The van der Waals surface area contributed by atoms with Gasteiger partial charge in [-0.3, -0.25) is 9.59 Å². The lowest BCUT2D eigenvalue weighted by Crippen LogP contribution is -2.41. The molecule has 8 heteroatoms. The number of nitrogens with one attached hydrogen (secondary N) is 1. The Kier molecular flexibility index (Phi) is 6.40. The third-order valence-electron chi connectivity index (χ3n) is 4.89. The summed E-state index contributed by atoms with van der Waals surface area (Å²) in [5.74, 6) is -1.13. The minimum Gasteiger partial charge on any atom is -0.481 e. The first-order valence-corrected chi connectivity index (χ1v) is 9.10. The fraction of sp³-hybridized carbons (Fsp3) is 0.474. The normalized spacial score (nSPS) is 18.4. The molecule has 27 heavy (non-hydrogen) atoms. The summed E-state index contributed by atoms with van der Waals surface area (Å²) in [6.07, 6.45) is 1.63. The first-order valence-electron chi connectivity index (χ1n) is 8.72. The van der Waals surface area contributed by atoms with Crippen molar-refractivity contribution in [2.24, 2.45) is 0 Å². The minimum absolute atomic E-state index is 0.164. The van der Waals surface area contributed by atoms with Gasteiger partial charge >= 0.3 is 13.1 Å². The topological polar surface area (TPSA) is 84.9 Å². The molecule has 146 valence electrons. The number of carboxylic acid groups (broad SMARTS) is 1. The van der Waals surface area contributed by atoms with Crippen molar-refractivity contribution in [1.82, 2.24) is 5.32 Å². The fourth-order valence-corrected chi connectivity index (χ4v) is 2.85. The molecule has 0 aliphatic carbocycles. The van der Waals surface area contributed by atoms with E-state index >= 15 is 0 Å². The summed E-state index contributed by atoms with van der Waals surface area (Å²) in [7, 11) is -0.657. The number of rotatable bonds is 6. The van der Waals surface area contributed by atoms with Gasteiger partial charge in [-0.05, 0) is 56.4 Å². The first kappa shape index (κ1) is 21.5. The predicted octanol–water partition coefficient (Wildman–Crippen LogP) is 3.12. The summed E-state index contributed by atoms with van der Waals surface area (Å²) in [5.41, 5.74) is 0.898. The second-order valence-electron chi connectivity index (χ2n) is 7.63. The molecule has 0 bridgehead atoms. The van der Waals surface area contributed by atoms with Crippen LogP contribution in [0.4, 0.5) is 0 Å². The van der Waals surface area contributed by atoms with E-state index < -0.39 is 24.3 Å². The summed E-state index contributed by atoms with van der Waals surface area (Å²) >= 11 is 6.02. The number of carbonyl (C=O) groups excluding carboxylic acids is 1. The van der Waals surface area contributed by atoms with Crippen LogP contribution in [-0.4, -0.2) is 41.8 Å². The first-order chi connectivity index (χ1) is 12.4. The van der Waals surface area contributed by atoms with Gasteiger partial charge in [0.05, 0.1) is 17.6 Å². The van der Waals surface area contributed by atoms with Crippen LogP contribution in [0.25, 0.3) is 6.08 Å². The van der Waals surface area contributed by atoms with E-state index in [1.165, 1.54) is 6.92 Å². The Morgan fingerprint density at radius 3 is 2.33 bits per heavy atom. The van der Waals surface area contributed by atoms with Crippen LogP contribution in [0, 0.1) is 0 Å². The number of carboxylic acids is 1. The maximum absolute atomic E-state index is 11.4. The third kappa shape index (κ3) is 5.34. The van der Waals surface area contributed by atoms with Crippen molar-refractivity contribution in [3.8, 4) is 0 Å². The van der Waals surface area contributed by atoms with E-state index in [0.717, 1.165) is 0 Å². The molecule has 2 N–H and O–H groups in total. The van der Waals surface area contributed by atoms with Gasteiger partial charge in [-0.1, -0.05) is 23.7 Å². The summed E-state index contributed by atoms with van der Waals surface area (Å²) in [4.78, 5) is 22.6. The Bertz CT molecular complexity index is 759. The van der Waals surface area contributed by atoms with Crippen LogP contribution in [0.3, 0.4) is 0 Å². The van der Waals surface area contributed by atoms with Crippen LogP contribution >= 0.6 is 11.6 Å². The second kappa shape index (κ2) is 8.04. The number of aliphatic carboxylic acids is 1. The van der Waals surface area contributed by atoms with Crippen molar-refractivity contribution in [3.05, 3.63) is 39.8 Å². The van der Waals surface area contributed by atoms with E-state index in [4.69, 9.17) is 20.9 Å². The Morgan fingerprint density at radius 1 is 1.22 bits per heavy atom. The molecule has 1 saturated heterocycles. The lowest BCUT2D eigenvalue weighted by molar-refractivity contribution is -0.136. The van der Waals surface area contributed by atoms with Crippen molar-refractivity contribution in [2.45, 2.75) is 52.2 Å². The molecule has 2 rings (SSSR count). The standard InChI is InChI=1S/C19H25BClNO5/c1-12(23)22-11-15(20-26-18(2,3)19(4,5)27-20)8-13-6-7-16(21)9-14(13)10-17(24)25/h6-9H,10-11H2,1-5H3,(H,22,23)(H,24,25). The van der Waals surface area contributed by atoms with Gasteiger partial charge in [0, 0.05) is 18.5 Å². The molecular weight excluding hydrogens is 368 g/mol. The molecule has 1 aliphatic heterocycles. The molecule has 6 nitrogen and oxygen atoms in total. The molecule has 1 heterocycles. The molecule has 1 amide bonds. The number of hydrogen-bond donors (Lipinski definition) is 2. The summed E-state index contributed by atoms with van der Waals surface area (Å²) < 4.78 is 12.2. The molecule has 0 saturated carbocycles. The molecule has 0 atom stereocenters. The van der Waals surface area contributed by atoms with Crippen LogP contribution in [-0.2, 0) is 25.3 Å². The van der Waals surface area contributed by atoms with E-state index in [9.17, 15) is 14.7 Å². The fourth-order valence-electron chi connectivity index (χ4n) is 2.65. The minimum atomic E-state index is -0.953. The van der Waals surface area contributed by atoms with Gasteiger partial charge in [0.2, 0.25) is 5.91 Å². The van der Waals surface area contributed by atoms with E-state index in [1.807, 2.05) is 27.7 Å². The maximum atomic E-state index is 11.4. The Morgan fingerprint density at radius 2 is 1.81 bits per heavy atom. The Balaban J connectivity index is 2.43. The maximum Gasteiger partial charge on any atom is 0.492 e. The molecule has 0 unspecified atom stereocenters. The predicted molar refractivity (Wildman–Crippen MR) is 106 cm³/mol. The summed E-state index contributed by atoms with van der Waals surface area (Å²) in [5, 5.41) is 12.4. The number of halogens is 1. The average Bonchev–Trinajstić information content (AvgIpc) is 2.72. The monoisotopic (exact) mass is 393 g/mol. The van der Waals surface area contributed by atoms with Gasteiger partial charge in [-0.2, -0.15) is 0 Å². The van der Waals surface area contributed by atoms with Crippen LogP contribution < -0.4 is 5.32 Å². The number of amides is 1. The van der Waals surface area contributed by atoms with E-state index in [2.05, 4.69) is 5.32 Å². The molecule has 1 aromatic carbocycles. The molecule has 1 aliphatic rings. The smallest absolute Gasteiger partial charge is 0.481 e. The van der Waals surface area contributed by atoms with Crippen LogP contribution in [0.1, 0.15) is 45.7 Å². The van der Waals surface area contributed by atoms with Crippen molar-refractivity contribution in [2.75, 3.05) is 6.54 Å². The molecule has 0 radical (unpaired) electrons. The average molecular weight is 394 g/mol. The molecular formula is C19H25BClNO5. The Labute approximate surface area is 165 Å². The second-order valence-corrected chi connectivity index (χ2v) is 8.07. The lowest BCUT2D eigenvalue weighted by Gasteiger charge is -2.32. The van der Waals surface area contributed by atoms with Crippen molar-refractivity contribution >= 4 is 36.7 Å². The lowest BCUT2D eigenvalue weighted by atomic mass is 9.76. The largest absolute Gasteiger partial charge is 0.492 e. The van der Waals surface area contributed by atoms with Crippen LogP contribution in [0.15, 0.2) is 23.7 Å². The highest BCUT2D eigenvalue weighted by Crippen LogP contribution is 2.39. The van der Waals surface area contributed by atoms with Crippen molar-refractivity contribution < 1.29 is 24.0 Å². The number of benzene rings is 1. The zero-order valence-electron chi connectivity index (χ0n) is 16.3. The van der Waals surface area contributed by atoms with Gasteiger partial charge in [0.25, 0.3) is 0 Å². The van der Waals surface area contributed by atoms with Crippen molar-refractivity contribution in [3.63, 3.8) is 0 Å². The van der Waals surface area contributed by atoms with Crippen LogP contribution in [0.5, 0.6) is 0 Å². The van der Waals surface area contributed by atoms with Gasteiger partial charge in [-0.25, -0.2) is 0 Å². The van der Waals surface area contributed by atoms with E-state index in [-0.39, 0.29) is 18.9 Å². The zero-order valence-corrected chi connectivity index (χ0v) is 17.0. The van der Waals surface area contributed by atoms with E-state index in [0.29, 0.717) is 21.6 Å². The highest BCUT2D eigenvalue weighted by Gasteiger charge is 2.52. The molecule has 0 aromatic heterocycles. The molecule has 0 spiro atoms. The van der Waals surface area contributed by atoms with Gasteiger partial charge in [-0.15, -0.1) is 0 Å². The number of carbonyl (C=O) groups is 2.